The lowest BCUT2D eigenvalue weighted by molar-refractivity contribution is 0.715. The van der Waals surface area contributed by atoms with E-state index in [0.717, 1.165) is 22.0 Å². The Balaban J connectivity index is 2.11. The van der Waals surface area contributed by atoms with Crippen LogP contribution >= 0.6 is 15.9 Å². The maximum absolute atomic E-state index is 6.09. The number of nitrogens with two attached hydrogens (primary N) is 1. The molecule has 0 aromatic carbocycles. The molecule has 16 heavy (non-hydrogen) atoms. The molecule has 1 atom stereocenters. The minimum absolute atomic E-state index is 0.0372. The fourth-order valence-electron chi connectivity index (χ4n) is 1.53. The molecule has 0 saturated carbocycles. The molecule has 0 aliphatic heterocycles. The van der Waals surface area contributed by atoms with Crippen LogP contribution in [0, 0.1) is 0 Å². The SMILES string of the molecule is NC(Cc1cncc(Br)c1)c1cccnc1. The summed E-state index contributed by atoms with van der Waals surface area (Å²) in [6.07, 6.45) is 7.91. The smallest absolute Gasteiger partial charge is 0.0410 e. The van der Waals surface area contributed by atoms with E-state index < -0.39 is 0 Å². The van der Waals surface area contributed by atoms with Gasteiger partial charge in [-0.1, -0.05) is 6.07 Å². The third-order valence-corrected chi connectivity index (χ3v) is 2.76. The van der Waals surface area contributed by atoms with Gasteiger partial charge in [-0.3, -0.25) is 9.97 Å². The van der Waals surface area contributed by atoms with E-state index in [2.05, 4.69) is 25.9 Å². The molecule has 4 heteroatoms. The molecule has 0 spiro atoms. The lowest BCUT2D eigenvalue weighted by atomic mass is 10.0. The second-order valence-corrected chi connectivity index (χ2v) is 4.52. The van der Waals surface area contributed by atoms with E-state index in [9.17, 15) is 0 Å². The Hall–Kier alpha value is -1.26. The van der Waals surface area contributed by atoms with Crippen molar-refractivity contribution in [1.29, 1.82) is 0 Å². The Bertz CT molecular complexity index is 459. The molecular formula is C12H12BrN3. The van der Waals surface area contributed by atoms with E-state index in [1.54, 1.807) is 18.6 Å². The van der Waals surface area contributed by atoms with Crippen LogP contribution in [0.15, 0.2) is 47.5 Å². The van der Waals surface area contributed by atoms with Crippen LogP contribution in [-0.2, 0) is 6.42 Å². The van der Waals surface area contributed by atoms with Crippen LogP contribution in [0.25, 0.3) is 0 Å². The quantitative estimate of drug-likeness (QED) is 0.938. The largest absolute Gasteiger partial charge is 0.324 e. The number of rotatable bonds is 3. The van der Waals surface area contributed by atoms with Crippen LogP contribution in [0.2, 0.25) is 0 Å². The van der Waals surface area contributed by atoms with Crippen molar-refractivity contribution in [2.24, 2.45) is 5.73 Å². The lowest BCUT2D eigenvalue weighted by Gasteiger charge is -2.11. The molecular weight excluding hydrogens is 266 g/mol. The van der Waals surface area contributed by atoms with Gasteiger partial charge in [-0.2, -0.15) is 0 Å². The van der Waals surface area contributed by atoms with Crippen LogP contribution in [0.5, 0.6) is 0 Å². The van der Waals surface area contributed by atoms with Gasteiger partial charge in [0.15, 0.2) is 0 Å². The van der Waals surface area contributed by atoms with Gasteiger partial charge in [-0.25, -0.2) is 0 Å². The minimum atomic E-state index is -0.0372. The summed E-state index contributed by atoms with van der Waals surface area (Å²) in [5.41, 5.74) is 8.25. The molecule has 2 aromatic rings. The van der Waals surface area contributed by atoms with Gasteiger partial charge in [0.2, 0.25) is 0 Å². The molecule has 0 radical (unpaired) electrons. The highest BCUT2D eigenvalue weighted by atomic mass is 79.9. The number of aromatic nitrogens is 2. The highest BCUT2D eigenvalue weighted by Crippen LogP contribution is 2.17. The standard InChI is InChI=1S/C12H12BrN3/c13-11-4-9(6-16-8-11)5-12(14)10-2-1-3-15-7-10/h1-4,6-8,12H,5,14H2. The zero-order valence-corrected chi connectivity index (χ0v) is 10.3. The Morgan fingerprint density at radius 3 is 2.81 bits per heavy atom. The predicted octanol–water partition coefficient (Wildman–Crippen LogP) is 2.48. The first-order chi connectivity index (χ1) is 7.75. The highest BCUT2D eigenvalue weighted by Gasteiger charge is 2.07. The summed E-state index contributed by atoms with van der Waals surface area (Å²) in [7, 11) is 0. The molecule has 0 fully saturated rings. The fraction of sp³-hybridized carbons (Fsp3) is 0.167. The van der Waals surface area contributed by atoms with Gasteiger partial charge in [-0.15, -0.1) is 0 Å². The lowest BCUT2D eigenvalue weighted by Crippen LogP contribution is -2.13. The number of nitrogens with zero attached hydrogens (tertiary/aromatic N) is 2. The maximum Gasteiger partial charge on any atom is 0.0410 e. The summed E-state index contributed by atoms with van der Waals surface area (Å²) in [4.78, 5) is 8.17. The molecule has 0 amide bonds. The summed E-state index contributed by atoms with van der Waals surface area (Å²) in [5.74, 6) is 0. The molecule has 82 valence electrons. The van der Waals surface area contributed by atoms with Gasteiger partial charge < -0.3 is 5.73 Å². The molecule has 0 aliphatic carbocycles. The first-order valence-electron chi connectivity index (χ1n) is 5.00. The van der Waals surface area contributed by atoms with Gasteiger partial charge in [0.25, 0.3) is 0 Å². The molecule has 1 unspecified atom stereocenters. The van der Waals surface area contributed by atoms with Crippen molar-refractivity contribution in [2.45, 2.75) is 12.5 Å². The molecule has 0 saturated heterocycles. The van der Waals surface area contributed by atoms with Crippen LogP contribution in [0.4, 0.5) is 0 Å². The van der Waals surface area contributed by atoms with E-state index in [1.165, 1.54) is 0 Å². The summed E-state index contributed by atoms with van der Waals surface area (Å²) in [6, 6.07) is 5.88. The second-order valence-electron chi connectivity index (χ2n) is 3.61. The molecule has 2 N–H and O–H groups in total. The van der Waals surface area contributed by atoms with Crippen molar-refractivity contribution in [1.82, 2.24) is 9.97 Å². The van der Waals surface area contributed by atoms with Gasteiger partial charge in [0, 0.05) is 35.3 Å². The third kappa shape index (κ3) is 2.87. The predicted molar refractivity (Wildman–Crippen MR) is 66.8 cm³/mol. The average molecular weight is 278 g/mol. The van der Waals surface area contributed by atoms with Gasteiger partial charge >= 0.3 is 0 Å². The fourth-order valence-corrected chi connectivity index (χ4v) is 1.95. The topological polar surface area (TPSA) is 51.8 Å². The Kier molecular flexibility index (Phi) is 3.64. The van der Waals surface area contributed by atoms with E-state index in [1.807, 2.05) is 24.4 Å². The summed E-state index contributed by atoms with van der Waals surface area (Å²) < 4.78 is 0.975. The van der Waals surface area contributed by atoms with Gasteiger partial charge in [0.05, 0.1) is 0 Å². The van der Waals surface area contributed by atoms with E-state index in [4.69, 9.17) is 5.73 Å². The van der Waals surface area contributed by atoms with Crippen molar-refractivity contribution in [2.75, 3.05) is 0 Å². The van der Waals surface area contributed by atoms with Crippen LogP contribution in [0.3, 0.4) is 0 Å². The van der Waals surface area contributed by atoms with E-state index in [-0.39, 0.29) is 6.04 Å². The molecule has 0 aliphatic rings. The van der Waals surface area contributed by atoms with Crippen LogP contribution < -0.4 is 5.73 Å². The average Bonchev–Trinajstić information content (AvgIpc) is 2.30. The number of halogens is 1. The highest BCUT2D eigenvalue weighted by molar-refractivity contribution is 9.10. The van der Waals surface area contributed by atoms with Crippen molar-refractivity contribution in [3.63, 3.8) is 0 Å². The summed E-state index contributed by atoms with van der Waals surface area (Å²) in [6.45, 7) is 0. The maximum atomic E-state index is 6.09. The van der Waals surface area contributed by atoms with Gasteiger partial charge in [0.1, 0.15) is 0 Å². The normalized spacial score (nSPS) is 12.4. The molecule has 2 aromatic heterocycles. The second kappa shape index (κ2) is 5.18. The zero-order chi connectivity index (χ0) is 11.4. The van der Waals surface area contributed by atoms with Crippen LogP contribution in [0.1, 0.15) is 17.2 Å². The van der Waals surface area contributed by atoms with Crippen molar-refractivity contribution < 1.29 is 0 Å². The van der Waals surface area contributed by atoms with Crippen molar-refractivity contribution in [3.05, 3.63) is 58.6 Å². The first kappa shape index (κ1) is 11.2. The molecule has 3 nitrogen and oxygen atoms in total. The number of hydrogen-bond acceptors (Lipinski definition) is 3. The number of pyridine rings is 2. The monoisotopic (exact) mass is 277 g/mol. The van der Waals surface area contributed by atoms with Crippen molar-refractivity contribution in [3.8, 4) is 0 Å². The molecule has 0 bridgehead atoms. The third-order valence-electron chi connectivity index (χ3n) is 2.33. The summed E-state index contributed by atoms with van der Waals surface area (Å²) in [5, 5.41) is 0. The minimum Gasteiger partial charge on any atom is -0.324 e. The Morgan fingerprint density at radius 2 is 2.12 bits per heavy atom. The van der Waals surface area contributed by atoms with E-state index in [0.29, 0.717) is 0 Å². The summed E-state index contributed by atoms with van der Waals surface area (Å²) >= 11 is 3.39. The molecule has 2 rings (SSSR count). The van der Waals surface area contributed by atoms with Crippen LogP contribution in [-0.4, -0.2) is 9.97 Å². The molecule has 2 heterocycles. The van der Waals surface area contributed by atoms with Gasteiger partial charge in [-0.05, 0) is 45.6 Å². The Morgan fingerprint density at radius 1 is 1.25 bits per heavy atom. The zero-order valence-electron chi connectivity index (χ0n) is 8.68. The van der Waals surface area contributed by atoms with E-state index >= 15 is 0 Å². The van der Waals surface area contributed by atoms with Crippen molar-refractivity contribution >= 4 is 15.9 Å². The Labute approximate surface area is 103 Å². The number of hydrogen-bond donors (Lipinski definition) is 1. The first-order valence-corrected chi connectivity index (χ1v) is 5.80.